The summed E-state index contributed by atoms with van der Waals surface area (Å²) in [6, 6.07) is 5.12. The number of rotatable bonds is 6. The van der Waals surface area contributed by atoms with Gasteiger partial charge in [0.05, 0.1) is 6.04 Å². The SMILES string of the molecule is C=Cc1cc2c(cc1C)CC(C)N(CC(C)(C)F)C2c1c(F)cc(/C=C/C(=O)O)cc1F. The van der Waals surface area contributed by atoms with E-state index in [-0.39, 0.29) is 23.7 Å². The Kier molecular flexibility index (Phi) is 6.65. The number of nitrogens with zero attached hydrogens (tertiary/aromatic N) is 1. The highest BCUT2D eigenvalue weighted by Crippen LogP contribution is 2.42. The summed E-state index contributed by atoms with van der Waals surface area (Å²) in [6.07, 6.45) is 4.28. The molecule has 0 saturated heterocycles. The van der Waals surface area contributed by atoms with E-state index in [2.05, 4.69) is 6.58 Å². The van der Waals surface area contributed by atoms with Gasteiger partial charge < -0.3 is 5.11 Å². The molecule has 0 aliphatic carbocycles. The van der Waals surface area contributed by atoms with Crippen LogP contribution in [0.4, 0.5) is 13.2 Å². The first-order valence-electron chi connectivity index (χ1n) is 10.5. The van der Waals surface area contributed by atoms with E-state index in [1.165, 1.54) is 13.8 Å². The summed E-state index contributed by atoms with van der Waals surface area (Å²) in [6.45, 7) is 10.6. The fraction of sp³-hybridized carbons (Fsp3) is 0.346. The zero-order valence-corrected chi connectivity index (χ0v) is 18.8. The molecule has 2 atom stereocenters. The maximum atomic E-state index is 15.3. The van der Waals surface area contributed by atoms with Gasteiger partial charge in [0, 0.05) is 24.2 Å². The lowest BCUT2D eigenvalue weighted by molar-refractivity contribution is -0.131. The number of carbonyl (C=O) groups is 1. The summed E-state index contributed by atoms with van der Waals surface area (Å²) in [5.41, 5.74) is 1.90. The number of fused-ring (bicyclic) bond motifs is 1. The van der Waals surface area contributed by atoms with E-state index < -0.39 is 29.3 Å². The largest absolute Gasteiger partial charge is 0.478 e. The molecule has 1 N–H and O–H groups in total. The van der Waals surface area contributed by atoms with Crippen LogP contribution >= 0.6 is 0 Å². The molecule has 0 aromatic heterocycles. The van der Waals surface area contributed by atoms with Gasteiger partial charge in [-0.15, -0.1) is 0 Å². The van der Waals surface area contributed by atoms with Crippen LogP contribution in [0.25, 0.3) is 12.2 Å². The van der Waals surface area contributed by atoms with Crippen molar-refractivity contribution in [3.8, 4) is 0 Å². The summed E-state index contributed by atoms with van der Waals surface area (Å²) in [7, 11) is 0. The van der Waals surface area contributed by atoms with Crippen LogP contribution in [-0.2, 0) is 11.2 Å². The molecule has 0 amide bonds. The number of aliphatic carboxylic acids is 1. The van der Waals surface area contributed by atoms with E-state index in [1.54, 1.807) is 11.0 Å². The molecule has 1 aliphatic heterocycles. The fourth-order valence-electron chi connectivity index (χ4n) is 4.45. The van der Waals surface area contributed by atoms with Crippen LogP contribution in [0.2, 0.25) is 0 Å². The molecule has 0 fully saturated rings. The second-order valence-electron chi connectivity index (χ2n) is 9.03. The predicted octanol–water partition coefficient (Wildman–Crippen LogP) is 6.10. The van der Waals surface area contributed by atoms with Crippen molar-refractivity contribution >= 4 is 18.1 Å². The number of carboxylic acids is 1. The zero-order chi connectivity index (χ0) is 23.8. The van der Waals surface area contributed by atoms with Crippen LogP contribution in [0.3, 0.4) is 0 Å². The zero-order valence-electron chi connectivity index (χ0n) is 18.8. The first-order valence-corrected chi connectivity index (χ1v) is 10.5. The molecule has 0 saturated carbocycles. The van der Waals surface area contributed by atoms with Gasteiger partial charge in [-0.1, -0.05) is 18.7 Å². The molecule has 1 aliphatic rings. The van der Waals surface area contributed by atoms with Gasteiger partial charge >= 0.3 is 5.97 Å². The number of hydrogen-bond acceptors (Lipinski definition) is 2. The van der Waals surface area contributed by atoms with Gasteiger partial charge in [0.25, 0.3) is 0 Å². The van der Waals surface area contributed by atoms with Crippen LogP contribution in [0.5, 0.6) is 0 Å². The molecule has 2 aromatic rings. The Labute approximate surface area is 186 Å². The highest BCUT2D eigenvalue weighted by Gasteiger charge is 2.39. The molecule has 0 spiro atoms. The van der Waals surface area contributed by atoms with Crippen molar-refractivity contribution in [2.24, 2.45) is 0 Å². The van der Waals surface area contributed by atoms with Crippen molar-refractivity contribution < 1.29 is 23.1 Å². The molecule has 170 valence electrons. The molecule has 1 heterocycles. The second-order valence-corrected chi connectivity index (χ2v) is 9.03. The minimum Gasteiger partial charge on any atom is -0.478 e. The maximum absolute atomic E-state index is 15.3. The monoisotopic (exact) mass is 443 g/mol. The van der Waals surface area contributed by atoms with Crippen LogP contribution in [0.1, 0.15) is 60.2 Å². The van der Waals surface area contributed by atoms with E-state index in [0.717, 1.165) is 46.5 Å². The van der Waals surface area contributed by atoms with Gasteiger partial charge in [-0.3, -0.25) is 4.90 Å². The normalized spacial score (nSPS) is 19.2. The number of alkyl halides is 1. The third-order valence-corrected chi connectivity index (χ3v) is 5.81. The molecule has 0 bridgehead atoms. The fourth-order valence-corrected chi connectivity index (χ4v) is 4.45. The highest BCUT2D eigenvalue weighted by molar-refractivity contribution is 5.85. The Bertz CT molecular complexity index is 1060. The van der Waals surface area contributed by atoms with Gasteiger partial charge in [0.15, 0.2) is 0 Å². The van der Waals surface area contributed by atoms with Crippen molar-refractivity contribution in [1.29, 1.82) is 0 Å². The van der Waals surface area contributed by atoms with Crippen molar-refractivity contribution in [3.05, 3.63) is 81.9 Å². The molecular formula is C26H28F3NO2. The van der Waals surface area contributed by atoms with Crippen molar-refractivity contribution in [2.75, 3.05) is 6.54 Å². The first kappa shape index (κ1) is 23.8. The first-order chi connectivity index (χ1) is 14.9. The topological polar surface area (TPSA) is 40.5 Å². The van der Waals surface area contributed by atoms with Crippen molar-refractivity contribution in [3.63, 3.8) is 0 Å². The Hall–Kier alpha value is -2.86. The molecule has 32 heavy (non-hydrogen) atoms. The van der Waals surface area contributed by atoms with E-state index in [9.17, 15) is 9.18 Å². The Morgan fingerprint density at radius 3 is 2.41 bits per heavy atom. The van der Waals surface area contributed by atoms with Crippen LogP contribution < -0.4 is 0 Å². The molecule has 2 aromatic carbocycles. The average molecular weight is 444 g/mol. The number of benzene rings is 2. The third-order valence-electron chi connectivity index (χ3n) is 5.81. The smallest absolute Gasteiger partial charge is 0.328 e. The minimum absolute atomic E-state index is 0.00484. The number of hydrogen-bond donors (Lipinski definition) is 1. The number of halogens is 3. The minimum atomic E-state index is -1.58. The molecule has 2 unspecified atom stereocenters. The molecule has 3 rings (SSSR count). The number of aryl methyl sites for hydroxylation is 1. The van der Waals surface area contributed by atoms with E-state index in [1.807, 2.05) is 26.0 Å². The molecule has 0 radical (unpaired) electrons. The Balaban J connectivity index is 2.24. The van der Waals surface area contributed by atoms with Gasteiger partial charge in [0.1, 0.15) is 17.3 Å². The number of carboxylic acid groups (broad SMARTS) is 1. The maximum Gasteiger partial charge on any atom is 0.328 e. The Morgan fingerprint density at radius 1 is 1.25 bits per heavy atom. The van der Waals surface area contributed by atoms with E-state index in [4.69, 9.17) is 5.11 Å². The third kappa shape index (κ3) is 4.96. The molecule has 3 nitrogen and oxygen atoms in total. The lowest BCUT2D eigenvalue weighted by Gasteiger charge is -2.44. The predicted molar refractivity (Wildman–Crippen MR) is 121 cm³/mol. The molecule has 6 heteroatoms. The summed E-state index contributed by atoms with van der Waals surface area (Å²) < 4.78 is 45.4. The Morgan fingerprint density at radius 2 is 1.88 bits per heavy atom. The van der Waals surface area contributed by atoms with Gasteiger partial charge in [-0.2, -0.15) is 0 Å². The van der Waals surface area contributed by atoms with Crippen LogP contribution in [0, 0.1) is 18.6 Å². The average Bonchev–Trinajstić information content (AvgIpc) is 2.66. The standard InChI is InChI=1S/C26H28F3NO2/c1-6-18-13-20-19(9-15(18)2)10-16(3)30(14-26(4,5)29)25(20)24-21(27)11-17(12-22(24)28)7-8-23(31)32/h6-9,11-13,16,25H,1,10,14H2,2-5H3,(H,31,32)/b8-7+. The summed E-state index contributed by atoms with van der Waals surface area (Å²) in [5.74, 6) is -2.82. The van der Waals surface area contributed by atoms with Crippen LogP contribution in [0.15, 0.2) is 36.9 Å². The summed E-state index contributed by atoms with van der Waals surface area (Å²) in [4.78, 5) is 12.6. The summed E-state index contributed by atoms with van der Waals surface area (Å²) >= 11 is 0. The lowest BCUT2D eigenvalue weighted by Crippen LogP contribution is -2.48. The van der Waals surface area contributed by atoms with Gasteiger partial charge in [-0.05, 0) is 86.2 Å². The lowest BCUT2D eigenvalue weighted by atomic mass is 9.81. The quantitative estimate of drug-likeness (QED) is 0.549. The van der Waals surface area contributed by atoms with Gasteiger partial charge in [0.2, 0.25) is 0 Å². The van der Waals surface area contributed by atoms with E-state index >= 15 is 8.78 Å². The van der Waals surface area contributed by atoms with Gasteiger partial charge in [-0.25, -0.2) is 18.0 Å². The highest BCUT2D eigenvalue weighted by atomic mass is 19.1. The van der Waals surface area contributed by atoms with E-state index in [0.29, 0.717) is 6.42 Å². The molecular weight excluding hydrogens is 415 g/mol. The van der Waals surface area contributed by atoms with Crippen molar-refractivity contribution in [2.45, 2.75) is 51.9 Å². The van der Waals surface area contributed by atoms with Crippen molar-refractivity contribution in [1.82, 2.24) is 4.90 Å². The summed E-state index contributed by atoms with van der Waals surface area (Å²) in [5, 5.41) is 8.80. The van der Waals surface area contributed by atoms with Crippen LogP contribution in [-0.4, -0.2) is 34.2 Å². The second kappa shape index (κ2) is 8.94.